The van der Waals surface area contributed by atoms with E-state index < -0.39 is 22.7 Å². The minimum Gasteiger partial charge on any atom is -0.469 e. The second-order valence-electron chi connectivity index (χ2n) is 8.91. The van der Waals surface area contributed by atoms with Crippen LogP contribution in [0.2, 0.25) is 0 Å². The first kappa shape index (κ1) is 17.1. The Bertz CT molecular complexity index is 718. The molecule has 1 saturated heterocycles. The zero-order chi connectivity index (χ0) is 18.2. The van der Waals surface area contributed by atoms with Gasteiger partial charge in [-0.3, -0.25) is 4.79 Å². The molecule has 3 aliphatic rings. The Kier molecular flexibility index (Phi) is 3.49. The van der Waals surface area contributed by atoms with Crippen molar-refractivity contribution < 1.29 is 23.8 Å². The van der Waals surface area contributed by atoms with E-state index in [-0.39, 0.29) is 18.0 Å². The molecular weight excluding hydrogens is 320 g/mol. The van der Waals surface area contributed by atoms with Gasteiger partial charge in [-0.2, -0.15) is 0 Å². The molecule has 0 radical (unpaired) electrons. The summed E-state index contributed by atoms with van der Waals surface area (Å²) in [5.74, 6) is 0.820. The molecule has 2 fully saturated rings. The SMILES string of the molecule is Cc1coc2c1[C@@H](OC(=O)CC(C)C)[C@]1(C)[C@](C)(O)CC[C@H]3O[C@]31C2. The third kappa shape index (κ3) is 2.12. The van der Waals surface area contributed by atoms with Gasteiger partial charge in [0.1, 0.15) is 17.5 Å². The number of epoxide rings is 1. The predicted octanol–water partition coefficient (Wildman–Crippen LogP) is 3.46. The van der Waals surface area contributed by atoms with E-state index in [2.05, 4.69) is 0 Å². The zero-order valence-electron chi connectivity index (χ0n) is 15.7. The second kappa shape index (κ2) is 5.10. The van der Waals surface area contributed by atoms with E-state index in [0.29, 0.717) is 19.3 Å². The molecule has 0 unspecified atom stereocenters. The van der Waals surface area contributed by atoms with Gasteiger partial charge in [0.15, 0.2) is 0 Å². The summed E-state index contributed by atoms with van der Waals surface area (Å²) in [6.45, 7) is 9.84. The number of furan rings is 1. The van der Waals surface area contributed by atoms with Crippen molar-refractivity contribution >= 4 is 5.97 Å². The number of ether oxygens (including phenoxy) is 2. The third-order valence-electron chi connectivity index (χ3n) is 6.84. The number of aryl methyl sites for hydroxylation is 1. The summed E-state index contributed by atoms with van der Waals surface area (Å²) < 4.78 is 18.0. The molecule has 25 heavy (non-hydrogen) atoms. The highest BCUT2D eigenvalue weighted by Crippen LogP contribution is 2.70. The molecule has 1 spiro atoms. The highest BCUT2D eigenvalue weighted by molar-refractivity contribution is 5.70. The van der Waals surface area contributed by atoms with Gasteiger partial charge in [0.25, 0.3) is 0 Å². The molecule has 138 valence electrons. The van der Waals surface area contributed by atoms with Gasteiger partial charge in [0.2, 0.25) is 0 Å². The Hall–Kier alpha value is -1.33. The van der Waals surface area contributed by atoms with E-state index in [9.17, 15) is 9.90 Å². The van der Waals surface area contributed by atoms with Crippen molar-refractivity contribution in [3.05, 3.63) is 23.2 Å². The summed E-state index contributed by atoms with van der Waals surface area (Å²) in [7, 11) is 0. The van der Waals surface area contributed by atoms with Crippen molar-refractivity contribution in [3.8, 4) is 0 Å². The van der Waals surface area contributed by atoms with Crippen LogP contribution in [0, 0.1) is 18.3 Å². The van der Waals surface area contributed by atoms with Crippen LogP contribution in [-0.4, -0.2) is 28.4 Å². The highest BCUT2D eigenvalue weighted by atomic mass is 16.6. The number of carbonyl (C=O) groups excluding carboxylic acids is 1. The fourth-order valence-corrected chi connectivity index (χ4v) is 5.15. The lowest BCUT2D eigenvalue weighted by Gasteiger charge is -2.54. The lowest BCUT2D eigenvalue weighted by Crippen LogP contribution is -2.63. The maximum Gasteiger partial charge on any atom is 0.306 e. The molecule has 2 heterocycles. The molecule has 1 saturated carbocycles. The number of aliphatic hydroxyl groups is 1. The lowest BCUT2D eigenvalue weighted by molar-refractivity contribution is -0.203. The third-order valence-corrected chi connectivity index (χ3v) is 6.84. The molecule has 2 aliphatic carbocycles. The molecule has 4 rings (SSSR count). The molecule has 0 bridgehead atoms. The molecule has 1 N–H and O–H groups in total. The molecule has 0 amide bonds. The monoisotopic (exact) mass is 348 g/mol. The van der Waals surface area contributed by atoms with Crippen molar-refractivity contribution in [1.29, 1.82) is 0 Å². The minimum atomic E-state index is -0.982. The Morgan fingerprint density at radius 2 is 2.16 bits per heavy atom. The standard InChI is InChI=1S/C20H28O5/c1-11(2)8-15(21)24-17-16-12(3)10-23-13(16)9-20-14(25-20)6-7-18(4,22)19(17,20)5/h10-11,14,17,22H,6-9H2,1-5H3/t14-,17-,18-,19-,20-/m1/s1. The first-order chi connectivity index (χ1) is 11.6. The highest BCUT2D eigenvalue weighted by Gasteiger charge is 2.79. The van der Waals surface area contributed by atoms with Crippen LogP contribution in [-0.2, 0) is 20.7 Å². The lowest BCUT2D eigenvalue weighted by atomic mass is 9.51. The fourth-order valence-electron chi connectivity index (χ4n) is 5.15. The van der Waals surface area contributed by atoms with E-state index in [4.69, 9.17) is 13.9 Å². The van der Waals surface area contributed by atoms with E-state index in [1.54, 1.807) is 6.26 Å². The molecule has 5 heteroatoms. The van der Waals surface area contributed by atoms with Crippen LogP contribution in [0.3, 0.4) is 0 Å². The van der Waals surface area contributed by atoms with E-state index >= 15 is 0 Å². The quantitative estimate of drug-likeness (QED) is 0.669. The number of esters is 1. The Morgan fingerprint density at radius 1 is 1.44 bits per heavy atom. The van der Waals surface area contributed by atoms with Crippen molar-refractivity contribution in [3.63, 3.8) is 0 Å². The molecule has 1 aromatic rings. The van der Waals surface area contributed by atoms with Gasteiger partial charge in [0.05, 0.1) is 23.4 Å². The normalized spacial score (nSPS) is 41.7. The molecular formula is C20H28O5. The Balaban J connectivity index is 1.82. The maximum atomic E-state index is 12.5. The van der Waals surface area contributed by atoms with Gasteiger partial charge < -0.3 is 19.0 Å². The minimum absolute atomic E-state index is 0.0996. The van der Waals surface area contributed by atoms with Gasteiger partial charge in [-0.15, -0.1) is 0 Å². The largest absolute Gasteiger partial charge is 0.469 e. The second-order valence-corrected chi connectivity index (χ2v) is 8.91. The first-order valence-electron chi connectivity index (χ1n) is 9.29. The Labute approximate surface area is 148 Å². The van der Waals surface area contributed by atoms with Crippen LogP contribution in [0.15, 0.2) is 10.7 Å². The van der Waals surface area contributed by atoms with Gasteiger partial charge in [0, 0.05) is 18.4 Å². The summed E-state index contributed by atoms with van der Waals surface area (Å²) in [5.41, 5.74) is -0.301. The van der Waals surface area contributed by atoms with Crippen LogP contribution in [0.4, 0.5) is 0 Å². The number of rotatable bonds is 3. The van der Waals surface area contributed by atoms with Crippen LogP contribution >= 0.6 is 0 Å². The molecule has 5 nitrogen and oxygen atoms in total. The van der Waals surface area contributed by atoms with Crippen LogP contribution < -0.4 is 0 Å². The van der Waals surface area contributed by atoms with Gasteiger partial charge in [-0.05, 0) is 38.2 Å². The summed E-state index contributed by atoms with van der Waals surface area (Å²) >= 11 is 0. The van der Waals surface area contributed by atoms with Gasteiger partial charge in [-0.1, -0.05) is 20.8 Å². The fraction of sp³-hybridized carbons (Fsp3) is 0.750. The molecule has 0 aromatic carbocycles. The molecule has 1 aliphatic heterocycles. The van der Waals surface area contributed by atoms with Gasteiger partial charge >= 0.3 is 5.97 Å². The average molecular weight is 348 g/mol. The van der Waals surface area contributed by atoms with E-state index in [0.717, 1.165) is 23.3 Å². The summed E-state index contributed by atoms with van der Waals surface area (Å²) in [6, 6.07) is 0. The van der Waals surface area contributed by atoms with Crippen molar-refractivity contribution in [2.24, 2.45) is 11.3 Å². The molecule has 5 atom stereocenters. The average Bonchev–Trinajstić information content (AvgIpc) is 3.09. The number of hydrogen-bond acceptors (Lipinski definition) is 5. The van der Waals surface area contributed by atoms with Gasteiger partial charge in [-0.25, -0.2) is 0 Å². The maximum absolute atomic E-state index is 12.5. The number of hydrogen-bond donors (Lipinski definition) is 1. The zero-order valence-corrected chi connectivity index (χ0v) is 15.7. The van der Waals surface area contributed by atoms with Crippen molar-refractivity contribution in [2.45, 2.75) is 83.7 Å². The van der Waals surface area contributed by atoms with Crippen molar-refractivity contribution in [1.82, 2.24) is 0 Å². The van der Waals surface area contributed by atoms with Crippen LogP contribution in [0.5, 0.6) is 0 Å². The van der Waals surface area contributed by atoms with Crippen LogP contribution in [0.1, 0.15) is 69.9 Å². The summed E-state index contributed by atoms with van der Waals surface area (Å²) in [4.78, 5) is 12.5. The smallest absolute Gasteiger partial charge is 0.306 e. The number of carbonyl (C=O) groups is 1. The topological polar surface area (TPSA) is 72.2 Å². The van der Waals surface area contributed by atoms with E-state index in [1.807, 2.05) is 34.6 Å². The van der Waals surface area contributed by atoms with Crippen LogP contribution in [0.25, 0.3) is 0 Å². The first-order valence-corrected chi connectivity index (χ1v) is 9.29. The van der Waals surface area contributed by atoms with Crippen molar-refractivity contribution in [2.75, 3.05) is 0 Å². The number of fused-ring (bicyclic) bond motifs is 1. The summed E-state index contributed by atoms with van der Waals surface area (Å²) in [6.07, 6.45) is 3.72. The molecule has 1 aromatic heterocycles. The van der Waals surface area contributed by atoms with E-state index in [1.165, 1.54) is 0 Å². The predicted molar refractivity (Wildman–Crippen MR) is 91.0 cm³/mol. The Morgan fingerprint density at radius 3 is 2.84 bits per heavy atom. The summed E-state index contributed by atoms with van der Waals surface area (Å²) in [5, 5.41) is 11.3.